The number of ether oxygens (including phenoxy) is 1. The van der Waals surface area contributed by atoms with Crippen LogP contribution in [0, 0.1) is 6.92 Å². The van der Waals surface area contributed by atoms with Crippen molar-refractivity contribution in [3.63, 3.8) is 0 Å². The first-order valence-corrected chi connectivity index (χ1v) is 8.26. The smallest absolute Gasteiger partial charge is 0.241 e. The molecular weight excluding hydrogens is 286 g/mol. The molecule has 3 atom stereocenters. The van der Waals surface area contributed by atoms with Gasteiger partial charge in [0, 0.05) is 5.02 Å². The topological polar surface area (TPSA) is 55.4 Å². The second-order valence-corrected chi connectivity index (χ2v) is 7.37. The van der Waals surface area contributed by atoms with Crippen molar-refractivity contribution >= 4 is 21.6 Å². The van der Waals surface area contributed by atoms with Gasteiger partial charge in [0.1, 0.15) is 0 Å². The van der Waals surface area contributed by atoms with E-state index in [2.05, 4.69) is 4.72 Å². The first-order valence-electron chi connectivity index (χ1n) is 6.40. The lowest BCUT2D eigenvalue weighted by atomic mass is 9.96. The number of rotatable bonds is 3. The van der Waals surface area contributed by atoms with E-state index in [1.54, 1.807) is 25.1 Å². The van der Waals surface area contributed by atoms with Crippen LogP contribution in [0.25, 0.3) is 0 Å². The summed E-state index contributed by atoms with van der Waals surface area (Å²) in [6.45, 7) is 1.75. The molecule has 19 heavy (non-hydrogen) atoms. The van der Waals surface area contributed by atoms with Crippen LogP contribution < -0.4 is 4.72 Å². The average molecular weight is 302 g/mol. The lowest BCUT2D eigenvalue weighted by Gasteiger charge is -2.20. The van der Waals surface area contributed by atoms with Crippen molar-refractivity contribution in [2.24, 2.45) is 0 Å². The van der Waals surface area contributed by atoms with Crippen molar-refractivity contribution in [3.8, 4) is 0 Å². The van der Waals surface area contributed by atoms with Crippen LogP contribution in [0.3, 0.4) is 0 Å². The Morgan fingerprint density at radius 2 is 2.16 bits per heavy atom. The van der Waals surface area contributed by atoms with Crippen LogP contribution in [0.2, 0.25) is 5.02 Å². The SMILES string of the molecule is Cc1cc(Cl)ccc1S(=O)(=O)NC1CC2CCC1O2. The highest BCUT2D eigenvalue weighted by atomic mass is 35.5. The molecule has 1 aromatic carbocycles. The standard InChI is InChI=1S/C13H16ClNO3S/c1-8-6-9(14)2-5-13(8)19(16,17)15-11-7-10-3-4-12(11)18-10/h2,5-6,10-12,15H,3-4,7H2,1H3. The molecule has 0 radical (unpaired) electrons. The minimum absolute atomic E-state index is 0.0346. The maximum absolute atomic E-state index is 12.4. The van der Waals surface area contributed by atoms with Crippen LogP contribution in [0.5, 0.6) is 0 Å². The van der Waals surface area contributed by atoms with E-state index in [1.165, 1.54) is 0 Å². The van der Waals surface area contributed by atoms with Gasteiger partial charge in [-0.15, -0.1) is 0 Å². The van der Waals surface area contributed by atoms with Gasteiger partial charge in [-0.05, 0) is 49.9 Å². The average Bonchev–Trinajstić information content (AvgIpc) is 2.89. The molecule has 0 spiro atoms. The summed E-state index contributed by atoms with van der Waals surface area (Å²) in [6.07, 6.45) is 3.02. The molecule has 6 heteroatoms. The van der Waals surface area contributed by atoms with Crippen LogP contribution in [-0.4, -0.2) is 26.7 Å². The van der Waals surface area contributed by atoms with Gasteiger partial charge in [-0.25, -0.2) is 13.1 Å². The Hall–Kier alpha value is -0.620. The zero-order chi connectivity index (χ0) is 13.6. The molecule has 0 saturated carbocycles. The molecule has 2 bridgehead atoms. The maximum atomic E-state index is 12.4. The Morgan fingerprint density at radius 1 is 1.37 bits per heavy atom. The monoisotopic (exact) mass is 301 g/mol. The summed E-state index contributed by atoms with van der Waals surface area (Å²) in [5.74, 6) is 0. The Kier molecular flexibility index (Phi) is 3.33. The molecule has 3 rings (SSSR count). The van der Waals surface area contributed by atoms with E-state index < -0.39 is 10.0 Å². The van der Waals surface area contributed by atoms with Crippen molar-refractivity contribution < 1.29 is 13.2 Å². The van der Waals surface area contributed by atoms with Gasteiger partial charge in [-0.3, -0.25) is 0 Å². The third-order valence-corrected chi connectivity index (χ3v) is 5.72. The first kappa shape index (κ1) is 13.4. The largest absolute Gasteiger partial charge is 0.373 e. The van der Waals surface area contributed by atoms with Crippen molar-refractivity contribution in [2.75, 3.05) is 0 Å². The molecule has 2 saturated heterocycles. The summed E-state index contributed by atoms with van der Waals surface area (Å²) in [5.41, 5.74) is 0.657. The lowest BCUT2D eigenvalue weighted by Crippen LogP contribution is -2.41. The molecule has 2 heterocycles. The van der Waals surface area contributed by atoms with Gasteiger partial charge in [0.2, 0.25) is 10.0 Å². The molecule has 1 aromatic rings. The van der Waals surface area contributed by atoms with Crippen LogP contribution >= 0.6 is 11.6 Å². The van der Waals surface area contributed by atoms with E-state index in [0.717, 1.165) is 19.3 Å². The number of fused-ring (bicyclic) bond motifs is 2. The molecule has 3 unspecified atom stereocenters. The second kappa shape index (κ2) is 4.74. The van der Waals surface area contributed by atoms with Crippen LogP contribution in [0.1, 0.15) is 24.8 Å². The predicted molar refractivity (Wildman–Crippen MR) is 72.8 cm³/mol. The molecule has 4 nitrogen and oxygen atoms in total. The van der Waals surface area contributed by atoms with Gasteiger partial charge in [-0.2, -0.15) is 0 Å². The molecule has 1 N–H and O–H groups in total. The number of sulfonamides is 1. The second-order valence-electron chi connectivity index (χ2n) is 5.25. The maximum Gasteiger partial charge on any atom is 0.241 e. The van der Waals surface area contributed by atoms with E-state index in [0.29, 0.717) is 15.5 Å². The van der Waals surface area contributed by atoms with E-state index in [-0.39, 0.29) is 18.2 Å². The summed E-state index contributed by atoms with van der Waals surface area (Å²) in [4.78, 5) is 0.291. The Balaban J connectivity index is 1.83. The van der Waals surface area contributed by atoms with Crippen LogP contribution in [0.15, 0.2) is 23.1 Å². The van der Waals surface area contributed by atoms with E-state index in [9.17, 15) is 8.42 Å². The van der Waals surface area contributed by atoms with E-state index in [4.69, 9.17) is 16.3 Å². The van der Waals surface area contributed by atoms with Crippen molar-refractivity contribution in [1.82, 2.24) is 4.72 Å². The lowest BCUT2D eigenvalue weighted by molar-refractivity contribution is 0.0996. The number of benzene rings is 1. The molecule has 2 aliphatic heterocycles. The Morgan fingerprint density at radius 3 is 2.74 bits per heavy atom. The number of hydrogen-bond acceptors (Lipinski definition) is 3. The Labute approximate surface area is 118 Å². The van der Waals surface area contributed by atoms with Gasteiger partial charge >= 0.3 is 0 Å². The van der Waals surface area contributed by atoms with Gasteiger partial charge in [0.05, 0.1) is 23.1 Å². The van der Waals surface area contributed by atoms with Gasteiger partial charge in [0.15, 0.2) is 0 Å². The zero-order valence-electron chi connectivity index (χ0n) is 10.6. The predicted octanol–water partition coefficient (Wildman–Crippen LogP) is 2.25. The molecule has 0 amide bonds. The fourth-order valence-corrected chi connectivity index (χ4v) is 4.67. The van der Waals surface area contributed by atoms with Crippen molar-refractivity contribution in [3.05, 3.63) is 28.8 Å². The first-order chi connectivity index (χ1) is 8.95. The number of hydrogen-bond donors (Lipinski definition) is 1. The summed E-state index contributed by atoms with van der Waals surface area (Å²) in [6, 6.07) is 4.71. The highest BCUT2D eigenvalue weighted by molar-refractivity contribution is 7.89. The normalized spacial score (nSPS) is 29.9. The number of aryl methyl sites for hydroxylation is 1. The van der Waals surface area contributed by atoms with E-state index >= 15 is 0 Å². The zero-order valence-corrected chi connectivity index (χ0v) is 12.2. The highest BCUT2D eigenvalue weighted by Gasteiger charge is 2.42. The van der Waals surface area contributed by atoms with Crippen molar-refractivity contribution in [1.29, 1.82) is 0 Å². The molecule has 2 fully saturated rings. The molecular formula is C13H16ClNO3S. The third-order valence-electron chi connectivity index (χ3n) is 3.84. The number of halogens is 1. The van der Waals surface area contributed by atoms with E-state index in [1.807, 2.05) is 0 Å². The van der Waals surface area contributed by atoms with Gasteiger partial charge in [-0.1, -0.05) is 11.6 Å². The minimum atomic E-state index is -3.50. The van der Waals surface area contributed by atoms with Crippen LogP contribution in [0.4, 0.5) is 0 Å². The fourth-order valence-electron chi connectivity index (χ4n) is 2.94. The van der Waals surface area contributed by atoms with Crippen LogP contribution in [-0.2, 0) is 14.8 Å². The molecule has 0 aliphatic carbocycles. The third kappa shape index (κ3) is 2.52. The highest BCUT2D eigenvalue weighted by Crippen LogP contribution is 2.35. The Bertz CT molecular complexity index is 602. The minimum Gasteiger partial charge on any atom is -0.373 e. The summed E-state index contributed by atoms with van der Waals surface area (Å²) >= 11 is 5.85. The summed E-state index contributed by atoms with van der Waals surface area (Å²) < 4.78 is 33.2. The molecule has 2 aliphatic rings. The summed E-state index contributed by atoms with van der Waals surface area (Å²) in [7, 11) is -3.50. The summed E-state index contributed by atoms with van der Waals surface area (Å²) in [5, 5.41) is 0.541. The molecule has 0 aromatic heterocycles. The van der Waals surface area contributed by atoms with Gasteiger partial charge in [0.25, 0.3) is 0 Å². The fraction of sp³-hybridized carbons (Fsp3) is 0.538. The quantitative estimate of drug-likeness (QED) is 0.931. The number of nitrogens with one attached hydrogen (secondary N) is 1. The van der Waals surface area contributed by atoms with Crippen molar-refractivity contribution in [2.45, 2.75) is 49.3 Å². The van der Waals surface area contributed by atoms with Gasteiger partial charge < -0.3 is 4.74 Å². The molecule has 104 valence electrons.